The van der Waals surface area contributed by atoms with Gasteiger partial charge in [0.25, 0.3) is 0 Å². The van der Waals surface area contributed by atoms with Crippen LogP contribution < -0.4 is 0 Å². The van der Waals surface area contributed by atoms with Crippen LogP contribution in [-0.2, 0) is 4.74 Å². The number of rotatable bonds is 2. The lowest BCUT2D eigenvalue weighted by Crippen LogP contribution is -2.35. The minimum atomic E-state index is -0.897. The highest BCUT2D eigenvalue weighted by Gasteiger charge is 2.70. The number of carbonyl (C=O) groups is 1. The summed E-state index contributed by atoms with van der Waals surface area (Å²) in [6.07, 6.45) is -0.324. The van der Waals surface area contributed by atoms with E-state index in [-0.39, 0.29) is 17.1 Å². The molecule has 3 aromatic rings. The first-order valence-corrected chi connectivity index (χ1v) is 9.75. The number of ether oxygens (including phenoxy) is 1. The molecule has 2 aliphatic rings. The highest BCUT2D eigenvalue weighted by Crippen LogP contribution is 2.66. The van der Waals surface area contributed by atoms with Gasteiger partial charge in [-0.1, -0.05) is 78.3 Å². The second-order valence-corrected chi connectivity index (χ2v) is 8.10. The Morgan fingerprint density at radius 2 is 1.58 bits per heavy atom. The molecule has 0 saturated carbocycles. The number of carbonyl (C=O) groups excluding carboxylic acids is 1. The zero-order valence-corrected chi connectivity index (χ0v) is 15.3. The molecule has 5 rings (SSSR count). The van der Waals surface area contributed by atoms with Gasteiger partial charge in [-0.25, -0.2) is 0 Å². The number of halogens is 1. The average molecular weight is 379 g/mol. The number of benzene rings is 3. The Labute approximate surface area is 161 Å². The van der Waals surface area contributed by atoms with Crippen LogP contribution in [0.1, 0.15) is 32.8 Å². The Morgan fingerprint density at radius 3 is 2.38 bits per heavy atom. The third-order valence-electron chi connectivity index (χ3n) is 5.06. The molecule has 0 bridgehead atoms. The summed E-state index contributed by atoms with van der Waals surface area (Å²) in [6, 6.07) is 25.5. The van der Waals surface area contributed by atoms with Crippen molar-refractivity contribution < 1.29 is 9.53 Å². The summed E-state index contributed by atoms with van der Waals surface area (Å²) in [7, 11) is 0. The van der Waals surface area contributed by atoms with Crippen LogP contribution in [0.5, 0.6) is 0 Å². The Hall–Kier alpha value is -2.07. The molecule has 1 fully saturated rings. The van der Waals surface area contributed by atoms with E-state index in [1.54, 1.807) is 11.8 Å². The molecule has 2 heterocycles. The van der Waals surface area contributed by atoms with Gasteiger partial charge in [-0.05, 0) is 17.7 Å². The fourth-order valence-electron chi connectivity index (χ4n) is 3.76. The molecule has 0 amide bonds. The van der Waals surface area contributed by atoms with Gasteiger partial charge in [0.1, 0.15) is 6.10 Å². The van der Waals surface area contributed by atoms with Crippen molar-refractivity contribution in [3.63, 3.8) is 0 Å². The number of Topliss-reactive ketones (excluding diaryl/α,β-unsaturated/α-hetero) is 1. The van der Waals surface area contributed by atoms with Crippen molar-refractivity contribution in [3.05, 3.63) is 101 Å². The van der Waals surface area contributed by atoms with E-state index in [2.05, 4.69) is 12.1 Å². The third kappa shape index (κ3) is 2.28. The van der Waals surface area contributed by atoms with E-state index in [1.165, 1.54) is 0 Å². The number of hydrogen-bond donors (Lipinski definition) is 0. The maximum Gasteiger partial charge on any atom is 0.200 e. The fraction of sp³-hybridized carbons (Fsp3) is 0.136. The first-order valence-electron chi connectivity index (χ1n) is 8.49. The molecule has 0 unspecified atom stereocenters. The fourth-order valence-corrected chi connectivity index (χ4v) is 5.45. The lowest BCUT2D eigenvalue weighted by molar-refractivity contribution is 0.0861. The highest BCUT2D eigenvalue weighted by atomic mass is 35.5. The predicted octanol–water partition coefficient (Wildman–Crippen LogP) is 5.88. The molecule has 0 aromatic heterocycles. The lowest BCUT2D eigenvalue weighted by atomic mass is 9.85. The van der Waals surface area contributed by atoms with Crippen LogP contribution in [-0.4, -0.2) is 11.4 Å². The number of fused-ring (bicyclic) bond motifs is 1. The van der Waals surface area contributed by atoms with Gasteiger partial charge >= 0.3 is 0 Å². The van der Waals surface area contributed by atoms with Gasteiger partial charge in [-0.2, -0.15) is 0 Å². The van der Waals surface area contributed by atoms with Gasteiger partial charge in [-0.15, -0.1) is 11.8 Å². The molecular formula is C22H15ClO2S. The molecule has 4 heteroatoms. The maximum absolute atomic E-state index is 13.5. The van der Waals surface area contributed by atoms with E-state index < -0.39 is 5.60 Å². The summed E-state index contributed by atoms with van der Waals surface area (Å²) in [5.74, 6) is 0.0469. The second kappa shape index (κ2) is 5.98. The van der Waals surface area contributed by atoms with Crippen molar-refractivity contribution in [1.29, 1.82) is 0 Å². The van der Waals surface area contributed by atoms with Gasteiger partial charge in [0.05, 0.1) is 5.25 Å². The van der Waals surface area contributed by atoms with E-state index in [9.17, 15) is 4.79 Å². The second-order valence-electron chi connectivity index (χ2n) is 6.55. The van der Waals surface area contributed by atoms with E-state index >= 15 is 0 Å². The molecule has 26 heavy (non-hydrogen) atoms. The van der Waals surface area contributed by atoms with E-state index in [4.69, 9.17) is 16.3 Å². The summed E-state index contributed by atoms with van der Waals surface area (Å²) in [4.78, 5) is 14.5. The Bertz CT molecular complexity index is 1000. The summed E-state index contributed by atoms with van der Waals surface area (Å²) < 4.78 is 6.19. The lowest BCUT2D eigenvalue weighted by Gasteiger charge is -2.30. The van der Waals surface area contributed by atoms with Gasteiger partial charge in [0, 0.05) is 21.0 Å². The molecule has 0 N–H and O–H groups in total. The zero-order valence-electron chi connectivity index (χ0n) is 13.8. The monoisotopic (exact) mass is 378 g/mol. The van der Waals surface area contributed by atoms with E-state index in [1.807, 2.05) is 66.7 Å². The van der Waals surface area contributed by atoms with Crippen LogP contribution in [0.15, 0.2) is 83.8 Å². The van der Waals surface area contributed by atoms with Crippen molar-refractivity contribution in [3.8, 4) is 0 Å². The Morgan fingerprint density at radius 1 is 0.885 bits per heavy atom. The molecule has 3 atom stereocenters. The third-order valence-corrected chi connectivity index (χ3v) is 6.87. The molecule has 0 radical (unpaired) electrons. The van der Waals surface area contributed by atoms with Crippen LogP contribution in [0, 0.1) is 0 Å². The van der Waals surface area contributed by atoms with Crippen molar-refractivity contribution in [2.75, 3.05) is 0 Å². The van der Waals surface area contributed by atoms with Crippen molar-refractivity contribution >= 4 is 29.1 Å². The summed E-state index contributed by atoms with van der Waals surface area (Å²) in [5.41, 5.74) is 1.81. The Balaban J connectivity index is 1.67. The molecular weight excluding hydrogens is 364 g/mol. The van der Waals surface area contributed by atoms with Crippen LogP contribution in [0.2, 0.25) is 5.02 Å². The van der Waals surface area contributed by atoms with Gasteiger partial charge in [0.2, 0.25) is 0 Å². The van der Waals surface area contributed by atoms with Gasteiger partial charge < -0.3 is 4.74 Å². The molecule has 3 aromatic carbocycles. The summed E-state index contributed by atoms with van der Waals surface area (Å²) in [5, 5.41) is 0.533. The molecule has 2 aliphatic heterocycles. The van der Waals surface area contributed by atoms with Crippen molar-refractivity contribution in [2.24, 2.45) is 0 Å². The molecule has 1 saturated heterocycles. The van der Waals surface area contributed by atoms with Crippen molar-refractivity contribution in [1.82, 2.24) is 0 Å². The van der Waals surface area contributed by atoms with Gasteiger partial charge in [0.15, 0.2) is 11.4 Å². The first-order chi connectivity index (χ1) is 12.7. The van der Waals surface area contributed by atoms with E-state index in [0.29, 0.717) is 5.02 Å². The first kappa shape index (κ1) is 16.1. The van der Waals surface area contributed by atoms with Crippen LogP contribution in [0.3, 0.4) is 0 Å². The molecule has 128 valence electrons. The molecule has 1 spiro atoms. The Kier molecular flexibility index (Phi) is 3.71. The van der Waals surface area contributed by atoms with Crippen LogP contribution >= 0.6 is 23.4 Å². The summed E-state index contributed by atoms with van der Waals surface area (Å²) >= 11 is 8.10. The number of hydrogen-bond acceptors (Lipinski definition) is 3. The standard InChI is InChI=1S/C22H15ClO2S/c23-17-12-6-4-10-15(17)20-22(25-20)19(24)16-11-5-7-13-18(16)26-21(22)14-8-2-1-3-9-14/h1-13,20-21H/t20-,21+,22-/m1/s1. The maximum atomic E-state index is 13.5. The topological polar surface area (TPSA) is 29.6 Å². The molecule has 2 nitrogen and oxygen atoms in total. The zero-order chi connectivity index (χ0) is 17.7. The molecule has 0 aliphatic carbocycles. The van der Waals surface area contributed by atoms with Gasteiger partial charge in [-0.3, -0.25) is 4.79 Å². The quantitative estimate of drug-likeness (QED) is 0.521. The minimum Gasteiger partial charge on any atom is -0.351 e. The largest absolute Gasteiger partial charge is 0.351 e. The minimum absolute atomic E-state index is 0.0469. The number of epoxide rings is 1. The smallest absolute Gasteiger partial charge is 0.200 e. The highest BCUT2D eigenvalue weighted by molar-refractivity contribution is 7.99. The number of ketones is 1. The van der Waals surface area contributed by atoms with Crippen LogP contribution in [0.4, 0.5) is 0 Å². The van der Waals surface area contributed by atoms with Crippen LogP contribution in [0.25, 0.3) is 0 Å². The van der Waals surface area contributed by atoms with E-state index in [0.717, 1.165) is 21.6 Å². The van der Waals surface area contributed by atoms with Crippen molar-refractivity contribution in [2.45, 2.75) is 21.9 Å². The normalized spacial score (nSPS) is 26.6. The average Bonchev–Trinajstić information content (AvgIpc) is 3.42. The number of thioether (sulfide) groups is 1. The summed E-state index contributed by atoms with van der Waals surface area (Å²) in [6.45, 7) is 0. The predicted molar refractivity (Wildman–Crippen MR) is 104 cm³/mol. The SMILES string of the molecule is O=C1c2ccccc2S[C@@H](c2ccccc2)[C@@]12O[C@@H]2c1ccccc1Cl.